The minimum atomic E-state index is 0.0658. The van der Waals surface area contributed by atoms with E-state index in [1.54, 1.807) is 0 Å². The van der Waals surface area contributed by atoms with Crippen molar-refractivity contribution in [3.8, 4) is 11.1 Å². The topological polar surface area (TPSA) is 86.7 Å². The van der Waals surface area contributed by atoms with Crippen molar-refractivity contribution in [3.05, 3.63) is 66.8 Å². The maximum atomic E-state index is 12.1. The van der Waals surface area contributed by atoms with Crippen LogP contribution in [-0.4, -0.2) is 25.3 Å². The molecule has 1 atom stereocenters. The van der Waals surface area contributed by atoms with Gasteiger partial charge in [-0.15, -0.1) is 0 Å². The van der Waals surface area contributed by atoms with Gasteiger partial charge in [0, 0.05) is 35.7 Å². The van der Waals surface area contributed by atoms with E-state index in [2.05, 4.69) is 47.1 Å². The monoisotopic (exact) mass is 423 g/mol. The van der Waals surface area contributed by atoms with E-state index in [0.29, 0.717) is 18.8 Å². The predicted molar refractivity (Wildman–Crippen MR) is 129 cm³/mol. The molecular weight excluding hydrogens is 398 g/mol. The molecule has 1 aromatic carbocycles. The molecule has 160 valence electrons. The highest BCUT2D eigenvalue weighted by Gasteiger charge is 2.32. The van der Waals surface area contributed by atoms with E-state index in [-0.39, 0.29) is 11.7 Å². The molecule has 6 nitrogen and oxygen atoms in total. The molecule has 0 amide bonds. The van der Waals surface area contributed by atoms with Crippen LogP contribution in [0.5, 0.6) is 0 Å². The Kier molecular flexibility index (Phi) is 4.85. The number of benzene rings is 1. The van der Waals surface area contributed by atoms with Gasteiger partial charge in [-0.3, -0.25) is 9.78 Å². The number of pyridine rings is 1. The van der Waals surface area contributed by atoms with Crippen LogP contribution in [0.1, 0.15) is 32.4 Å². The summed E-state index contributed by atoms with van der Waals surface area (Å²) in [5.74, 6) is 0.690. The number of hydrogen-bond acceptors (Lipinski definition) is 5. The molecule has 4 aromatic rings. The maximum absolute atomic E-state index is 12.1. The van der Waals surface area contributed by atoms with Gasteiger partial charge in [0.1, 0.15) is 17.8 Å². The Morgan fingerprint density at radius 3 is 2.84 bits per heavy atom. The average Bonchev–Trinajstić information content (AvgIpc) is 3.13. The van der Waals surface area contributed by atoms with Gasteiger partial charge >= 0.3 is 0 Å². The molecule has 0 saturated heterocycles. The van der Waals surface area contributed by atoms with Gasteiger partial charge in [0.05, 0.1) is 16.6 Å². The predicted octanol–water partition coefficient (Wildman–Crippen LogP) is 5.19. The molecule has 5 rings (SSSR count). The molecule has 2 N–H and O–H groups in total. The summed E-state index contributed by atoms with van der Waals surface area (Å²) in [6.07, 6.45) is 6.11. The van der Waals surface area contributed by atoms with E-state index in [4.69, 9.17) is 10.7 Å². The van der Waals surface area contributed by atoms with Gasteiger partial charge in [0.2, 0.25) is 0 Å². The normalized spacial score (nSPS) is 15.7. The van der Waals surface area contributed by atoms with Crippen LogP contribution in [0.4, 0.5) is 5.82 Å². The Morgan fingerprint density at radius 1 is 1.25 bits per heavy atom. The van der Waals surface area contributed by atoms with Gasteiger partial charge in [-0.25, -0.2) is 9.97 Å². The molecule has 6 heteroatoms. The number of para-hydroxylation sites is 1. The largest absolute Gasteiger partial charge is 0.383 e. The zero-order valence-corrected chi connectivity index (χ0v) is 18.3. The number of nitrogens with zero attached hydrogens (tertiary/aromatic N) is 4. The number of nitrogens with two attached hydrogens (primary N) is 1. The average molecular weight is 424 g/mol. The first-order chi connectivity index (χ1) is 15.5. The standard InChI is InChI=1S/C26H25N5O/c1-4-19(32)9-16-10-20(15(2)3)24-22(18-11-17-7-5-6-8-21(17)28-12-18)23-25(27)29-14-30-26(23)31(24)13-16/h4-8,11-12,14,16H,1,9-10,13H2,2-3H3,(H2,27,29,30)/t16-/m0/s1. The number of anilines is 1. The van der Waals surface area contributed by atoms with E-state index in [1.807, 2.05) is 24.4 Å². The zero-order chi connectivity index (χ0) is 22.4. The summed E-state index contributed by atoms with van der Waals surface area (Å²) in [6, 6.07) is 10.2. The lowest BCUT2D eigenvalue weighted by atomic mass is 9.85. The highest BCUT2D eigenvalue weighted by Crippen LogP contribution is 2.46. The molecule has 0 spiro atoms. The molecule has 0 radical (unpaired) electrons. The van der Waals surface area contributed by atoms with Gasteiger partial charge in [-0.2, -0.15) is 0 Å². The summed E-state index contributed by atoms with van der Waals surface area (Å²) in [7, 11) is 0. The molecule has 4 heterocycles. The quantitative estimate of drug-likeness (QED) is 0.457. The van der Waals surface area contributed by atoms with E-state index in [9.17, 15) is 4.79 Å². The fourth-order valence-electron chi connectivity index (χ4n) is 4.83. The third-order valence-corrected chi connectivity index (χ3v) is 6.29. The number of allylic oxidation sites excluding steroid dienone is 3. The Morgan fingerprint density at radius 2 is 2.06 bits per heavy atom. The summed E-state index contributed by atoms with van der Waals surface area (Å²) in [4.78, 5) is 25.7. The summed E-state index contributed by atoms with van der Waals surface area (Å²) >= 11 is 0. The number of nitrogen functional groups attached to an aromatic ring is 1. The first kappa shape index (κ1) is 20.1. The lowest BCUT2D eigenvalue weighted by molar-refractivity contribution is -0.115. The molecule has 1 aliphatic heterocycles. The minimum Gasteiger partial charge on any atom is -0.383 e. The molecular formula is C26H25N5O. The fraction of sp³-hybridized carbons (Fsp3) is 0.231. The second kappa shape index (κ2) is 7.71. The summed E-state index contributed by atoms with van der Waals surface area (Å²) in [5, 5.41) is 1.91. The Balaban J connectivity index is 1.81. The number of carbonyl (C=O) groups excluding carboxylic acids is 1. The molecule has 32 heavy (non-hydrogen) atoms. The minimum absolute atomic E-state index is 0.0658. The molecule has 0 fully saturated rings. The molecule has 0 bridgehead atoms. The van der Waals surface area contributed by atoms with Crippen molar-refractivity contribution in [1.82, 2.24) is 19.5 Å². The number of fused-ring (bicyclic) bond motifs is 4. The van der Waals surface area contributed by atoms with Crippen LogP contribution < -0.4 is 5.73 Å². The van der Waals surface area contributed by atoms with E-state index in [1.165, 1.54) is 23.5 Å². The highest BCUT2D eigenvalue weighted by atomic mass is 16.1. The van der Waals surface area contributed by atoms with Crippen LogP contribution >= 0.6 is 0 Å². The lowest BCUT2D eigenvalue weighted by Crippen LogP contribution is -2.22. The Hall–Kier alpha value is -3.80. The van der Waals surface area contributed by atoms with E-state index >= 15 is 0 Å². The van der Waals surface area contributed by atoms with Crippen LogP contribution in [0.15, 0.2) is 61.1 Å². The van der Waals surface area contributed by atoms with Crippen molar-refractivity contribution in [3.63, 3.8) is 0 Å². The number of hydrogen-bond donors (Lipinski definition) is 1. The van der Waals surface area contributed by atoms with Crippen molar-refractivity contribution in [1.29, 1.82) is 0 Å². The molecule has 0 saturated carbocycles. The molecule has 3 aromatic heterocycles. The van der Waals surface area contributed by atoms with Crippen LogP contribution in [0.25, 0.3) is 38.6 Å². The van der Waals surface area contributed by atoms with Gasteiger partial charge < -0.3 is 10.3 Å². The lowest BCUT2D eigenvalue weighted by Gasteiger charge is -2.28. The van der Waals surface area contributed by atoms with Crippen LogP contribution in [0, 0.1) is 5.92 Å². The van der Waals surface area contributed by atoms with Crippen LogP contribution in [-0.2, 0) is 11.3 Å². The second-order valence-corrected chi connectivity index (χ2v) is 8.63. The zero-order valence-electron chi connectivity index (χ0n) is 18.3. The van der Waals surface area contributed by atoms with Gasteiger partial charge in [-0.1, -0.05) is 30.4 Å². The summed E-state index contributed by atoms with van der Waals surface area (Å²) in [5.41, 5.74) is 13.7. The van der Waals surface area contributed by atoms with Crippen molar-refractivity contribution < 1.29 is 4.79 Å². The molecule has 1 aliphatic rings. The molecule has 0 unspecified atom stereocenters. The van der Waals surface area contributed by atoms with Gasteiger partial charge in [0.25, 0.3) is 0 Å². The van der Waals surface area contributed by atoms with Crippen molar-refractivity contribution in [2.75, 3.05) is 5.73 Å². The SMILES string of the molecule is C=CC(=O)C[C@H]1CC(=C(C)C)c2c(-c3cnc4ccccc4c3)c3c(N)ncnc3n2C1. The third kappa shape index (κ3) is 3.19. The fourth-order valence-corrected chi connectivity index (χ4v) is 4.83. The van der Waals surface area contributed by atoms with E-state index < -0.39 is 0 Å². The summed E-state index contributed by atoms with van der Waals surface area (Å²) < 4.78 is 2.21. The van der Waals surface area contributed by atoms with E-state index in [0.717, 1.165) is 45.2 Å². The van der Waals surface area contributed by atoms with Crippen molar-refractivity contribution in [2.24, 2.45) is 5.92 Å². The van der Waals surface area contributed by atoms with Crippen LogP contribution in [0.3, 0.4) is 0 Å². The summed E-state index contributed by atoms with van der Waals surface area (Å²) in [6.45, 7) is 8.57. The van der Waals surface area contributed by atoms with Crippen molar-refractivity contribution >= 4 is 39.1 Å². The number of ketones is 1. The second-order valence-electron chi connectivity index (χ2n) is 8.63. The number of carbonyl (C=O) groups is 1. The van der Waals surface area contributed by atoms with Crippen LogP contribution in [0.2, 0.25) is 0 Å². The first-order valence-corrected chi connectivity index (χ1v) is 10.8. The molecule has 0 aliphatic carbocycles. The smallest absolute Gasteiger partial charge is 0.155 e. The van der Waals surface area contributed by atoms with Gasteiger partial charge in [-0.05, 0) is 50.0 Å². The van der Waals surface area contributed by atoms with Gasteiger partial charge in [0.15, 0.2) is 5.78 Å². The number of rotatable bonds is 4. The first-order valence-electron chi connectivity index (χ1n) is 10.8. The highest BCUT2D eigenvalue weighted by molar-refractivity contribution is 6.07. The Bertz CT molecular complexity index is 1430. The Labute approximate surface area is 186 Å². The maximum Gasteiger partial charge on any atom is 0.155 e. The van der Waals surface area contributed by atoms with Crippen molar-refractivity contribution in [2.45, 2.75) is 33.2 Å². The third-order valence-electron chi connectivity index (χ3n) is 6.29. The number of aromatic nitrogens is 4.